The molecule has 122 valence electrons. The van der Waals surface area contributed by atoms with Crippen LogP contribution in [0.25, 0.3) is 0 Å². The third kappa shape index (κ3) is 3.72. The number of aryl methyl sites for hydroxylation is 2. The summed E-state index contributed by atoms with van der Waals surface area (Å²) in [6, 6.07) is 5.71. The number of carboxylic acids is 1. The van der Waals surface area contributed by atoms with Crippen LogP contribution in [0.1, 0.15) is 27.3 Å². The second-order valence-electron chi connectivity index (χ2n) is 5.10. The molecule has 1 aromatic heterocycles. The minimum absolute atomic E-state index is 0.00526. The van der Waals surface area contributed by atoms with Gasteiger partial charge >= 0.3 is 5.97 Å². The number of carbonyl (C=O) groups excluding carboxylic acids is 1. The zero-order valence-electron chi connectivity index (χ0n) is 13.2. The molecule has 0 aliphatic carbocycles. The molecule has 0 unspecified atom stereocenters. The zero-order valence-corrected chi connectivity index (χ0v) is 13.2. The first-order valence-corrected chi connectivity index (χ1v) is 6.94. The van der Waals surface area contributed by atoms with Crippen LogP contribution in [0.5, 0.6) is 0 Å². The van der Waals surface area contributed by atoms with Crippen LogP contribution in [0.15, 0.2) is 18.2 Å². The summed E-state index contributed by atoms with van der Waals surface area (Å²) < 4.78 is 6.19. The molecule has 0 radical (unpaired) electrons. The Bertz CT molecular complexity index is 719. The van der Waals surface area contributed by atoms with Crippen molar-refractivity contribution in [3.05, 3.63) is 40.7 Å². The number of ether oxygens (including phenoxy) is 1. The highest BCUT2D eigenvalue weighted by Crippen LogP contribution is 2.19. The minimum atomic E-state index is -1.21. The Hall–Kier alpha value is -2.74. The number of para-hydroxylation sites is 1. The number of methoxy groups -OCH3 is 1. The highest BCUT2D eigenvalue weighted by molar-refractivity contribution is 5.92. The van der Waals surface area contributed by atoms with E-state index in [4.69, 9.17) is 9.84 Å². The van der Waals surface area contributed by atoms with Crippen molar-refractivity contribution >= 4 is 17.6 Å². The number of nitrogens with zero attached hydrogens (tertiary/aromatic N) is 3. The highest BCUT2D eigenvalue weighted by Gasteiger charge is 2.20. The lowest BCUT2D eigenvalue weighted by Crippen LogP contribution is -2.22. The Balaban J connectivity index is 2.19. The number of amides is 1. The van der Waals surface area contributed by atoms with Crippen molar-refractivity contribution in [1.29, 1.82) is 0 Å². The van der Waals surface area contributed by atoms with E-state index in [1.54, 1.807) is 0 Å². The molecule has 0 spiro atoms. The summed E-state index contributed by atoms with van der Waals surface area (Å²) in [7, 11) is 1.43. The Morgan fingerprint density at radius 3 is 2.52 bits per heavy atom. The van der Waals surface area contributed by atoms with E-state index in [9.17, 15) is 9.59 Å². The molecule has 2 N–H and O–H groups in total. The maximum absolute atomic E-state index is 12.2. The van der Waals surface area contributed by atoms with Gasteiger partial charge in [0.05, 0.1) is 12.3 Å². The zero-order chi connectivity index (χ0) is 17.0. The van der Waals surface area contributed by atoms with Gasteiger partial charge in [-0.2, -0.15) is 0 Å². The van der Waals surface area contributed by atoms with Gasteiger partial charge in [-0.3, -0.25) is 4.79 Å². The molecule has 0 aliphatic heterocycles. The first-order chi connectivity index (χ1) is 10.9. The molecule has 2 rings (SSSR count). The second-order valence-corrected chi connectivity index (χ2v) is 5.10. The molecular formula is C15H18N4O4. The molecule has 8 heteroatoms. The fourth-order valence-electron chi connectivity index (χ4n) is 2.23. The number of anilines is 1. The molecule has 23 heavy (non-hydrogen) atoms. The van der Waals surface area contributed by atoms with Crippen LogP contribution in [0.2, 0.25) is 0 Å². The summed E-state index contributed by atoms with van der Waals surface area (Å²) in [5, 5.41) is 19.2. The van der Waals surface area contributed by atoms with Crippen LogP contribution in [0.3, 0.4) is 0 Å². The standard InChI is InChI=1S/C15H18N4O4/c1-9-5-4-6-10(2)13(9)16-12(20)7-19-11(8-23-3)14(15(21)22)17-18-19/h4-6H,7-8H2,1-3H3,(H,16,20)(H,21,22). The average Bonchev–Trinajstić information content (AvgIpc) is 2.86. The molecule has 2 aromatic rings. The number of carbonyl (C=O) groups is 2. The lowest BCUT2D eigenvalue weighted by molar-refractivity contribution is -0.117. The molecule has 0 aliphatic rings. The summed E-state index contributed by atoms with van der Waals surface area (Å²) in [5.74, 6) is -1.53. The molecule has 1 heterocycles. The summed E-state index contributed by atoms with van der Waals surface area (Å²) in [4.78, 5) is 23.3. The van der Waals surface area contributed by atoms with E-state index in [-0.39, 0.29) is 30.4 Å². The van der Waals surface area contributed by atoms with Crippen molar-refractivity contribution in [1.82, 2.24) is 15.0 Å². The average molecular weight is 318 g/mol. The minimum Gasteiger partial charge on any atom is -0.476 e. The van der Waals surface area contributed by atoms with Crippen molar-refractivity contribution < 1.29 is 19.4 Å². The second kappa shape index (κ2) is 7.01. The van der Waals surface area contributed by atoms with Crippen LogP contribution in [-0.4, -0.2) is 39.1 Å². The monoisotopic (exact) mass is 318 g/mol. The van der Waals surface area contributed by atoms with Crippen molar-refractivity contribution in [2.75, 3.05) is 12.4 Å². The number of nitrogens with one attached hydrogen (secondary N) is 1. The smallest absolute Gasteiger partial charge is 0.358 e. The maximum Gasteiger partial charge on any atom is 0.358 e. The molecule has 0 saturated carbocycles. The highest BCUT2D eigenvalue weighted by atomic mass is 16.5. The predicted molar refractivity (Wildman–Crippen MR) is 82.2 cm³/mol. The molecule has 0 atom stereocenters. The molecule has 8 nitrogen and oxygen atoms in total. The first kappa shape index (κ1) is 16.6. The number of hydrogen-bond donors (Lipinski definition) is 2. The lowest BCUT2D eigenvalue weighted by atomic mass is 10.1. The third-order valence-corrected chi connectivity index (χ3v) is 3.36. The molecule has 1 amide bonds. The van der Waals surface area contributed by atoms with Crippen molar-refractivity contribution in [2.45, 2.75) is 27.0 Å². The number of carboxylic acid groups (broad SMARTS) is 1. The van der Waals surface area contributed by atoms with E-state index in [0.29, 0.717) is 0 Å². The Morgan fingerprint density at radius 1 is 1.30 bits per heavy atom. The van der Waals surface area contributed by atoms with Crippen LogP contribution < -0.4 is 5.32 Å². The van der Waals surface area contributed by atoms with Crippen molar-refractivity contribution in [2.24, 2.45) is 0 Å². The maximum atomic E-state index is 12.2. The van der Waals surface area contributed by atoms with Gasteiger partial charge in [-0.1, -0.05) is 23.4 Å². The van der Waals surface area contributed by atoms with Crippen molar-refractivity contribution in [3.63, 3.8) is 0 Å². The number of rotatable bonds is 6. The topological polar surface area (TPSA) is 106 Å². The molecule has 1 aromatic carbocycles. The number of benzene rings is 1. The normalized spacial score (nSPS) is 10.6. The van der Waals surface area contributed by atoms with Gasteiger partial charge in [0, 0.05) is 12.8 Å². The van der Waals surface area contributed by atoms with Crippen LogP contribution in [0, 0.1) is 13.8 Å². The molecule has 0 bridgehead atoms. The van der Waals surface area contributed by atoms with Gasteiger partial charge in [0.15, 0.2) is 5.69 Å². The van der Waals surface area contributed by atoms with Gasteiger partial charge in [-0.25, -0.2) is 9.48 Å². The van der Waals surface area contributed by atoms with E-state index in [0.717, 1.165) is 16.8 Å². The van der Waals surface area contributed by atoms with E-state index in [1.165, 1.54) is 11.8 Å². The molecule has 0 fully saturated rings. The van der Waals surface area contributed by atoms with Gasteiger partial charge in [0.2, 0.25) is 5.91 Å². The van der Waals surface area contributed by atoms with Gasteiger partial charge in [0.1, 0.15) is 6.54 Å². The summed E-state index contributed by atoms with van der Waals surface area (Å²) in [6.45, 7) is 3.66. The largest absolute Gasteiger partial charge is 0.476 e. The Kier molecular flexibility index (Phi) is 5.07. The number of aromatic carboxylic acids is 1. The van der Waals surface area contributed by atoms with Crippen LogP contribution in [0.4, 0.5) is 5.69 Å². The fourth-order valence-corrected chi connectivity index (χ4v) is 2.23. The quantitative estimate of drug-likeness (QED) is 0.833. The lowest BCUT2D eigenvalue weighted by Gasteiger charge is -2.12. The number of hydrogen-bond acceptors (Lipinski definition) is 5. The summed E-state index contributed by atoms with van der Waals surface area (Å²) in [5.41, 5.74) is 2.66. The van der Waals surface area contributed by atoms with Gasteiger partial charge < -0.3 is 15.2 Å². The van der Waals surface area contributed by atoms with Gasteiger partial charge in [-0.15, -0.1) is 5.10 Å². The molecular weight excluding hydrogens is 300 g/mol. The van der Waals surface area contributed by atoms with Gasteiger partial charge in [0.25, 0.3) is 0 Å². The van der Waals surface area contributed by atoms with Crippen molar-refractivity contribution in [3.8, 4) is 0 Å². The number of aromatic nitrogens is 3. The Morgan fingerprint density at radius 2 is 1.96 bits per heavy atom. The van der Waals surface area contributed by atoms with Crippen LogP contribution >= 0.6 is 0 Å². The third-order valence-electron chi connectivity index (χ3n) is 3.36. The van der Waals surface area contributed by atoms with E-state index in [2.05, 4.69) is 15.6 Å². The van der Waals surface area contributed by atoms with E-state index >= 15 is 0 Å². The molecule has 0 saturated heterocycles. The van der Waals surface area contributed by atoms with E-state index < -0.39 is 5.97 Å². The first-order valence-electron chi connectivity index (χ1n) is 6.94. The van der Waals surface area contributed by atoms with E-state index in [1.807, 2.05) is 32.0 Å². The summed E-state index contributed by atoms with van der Waals surface area (Å²) in [6.07, 6.45) is 0. The van der Waals surface area contributed by atoms with Crippen LogP contribution in [-0.2, 0) is 22.7 Å². The predicted octanol–water partition coefficient (Wildman–Crippen LogP) is 1.38. The SMILES string of the molecule is COCc1c(C(=O)O)nnn1CC(=O)Nc1c(C)cccc1C. The Labute approximate surface area is 133 Å². The van der Waals surface area contributed by atoms with Gasteiger partial charge in [-0.05, 0) is 25.0 Å². The summed E-state index contributed by atoms with van der Waals surface area (Å²) >= 11 is 0. The fraction of sp³-hybridized carbons (Fsp3) is 0.333.